The van der Waals surface area contributed by atoms with Crippen molar-refractivity contribution in [2.24, 2.45) is 5.92 Å². The van der Waals surface area contributed by atoms with Crippen molar-refractivity contribution >= 4 is 23.3 Å². The van der Waals surface area contributed by atoms with E-state index in [4.69, 9.17) is 9.47 Å². The molecule has 0 amide bonds. The first-order chi connectivity index (χ1) is 16.8. The van der Waals surface area contributed by atoms with Crippen LogP contribution in [0.5, 0.6) is 5.75 Å². The van der Waals surface area contributed by atoms with Crippen molar-refractivity contribution in [1.29, 1.82) is 0 Å². The number of nitrogens with zero attached hydrogens (tertiary/aromatic N) is 4. The molecule has 3 heterocycles. The molecule has 2 atom stereocenters. The van der Waals surface area contributed by atoms with E-state index in [9.17, 15) is 9.18 Å². The molecule has 0 aromatic carbocycles. The molecule has 0 spiro atoms. The Kier molecular flexibility index (Phi) is 7.90. The summed E-state index contributed by atoms with van der Waals surface area (Å²) >= 11 is 1.00. The van der Waals surface area contributed by atoms with Crippen LogP contribution in [-0.2, 0) is 16.1 Å². The number of hydrogen-bond acceptors (Lipinski definition) is 9. The lowest BCUT2D eigenvalue weighted by Crippen LogP contribution is -2.30. The van der Waals surface area contributed by atoms with Crippen LogP contribution < -0.4 is 10.1 Å². The fourth-order valence-corrected chi connectivity index (χ4v) is 5.01. The maximum Gasteiger partial charge on any atom is 0.308 e. The Balaban J connectivity index is 1.47. The number of thiophene rings is 1. The van der Waals surface area contributed by atoms with Gasteiger partial charge in [-0.25, -0.2) is 19.9 Å². The van der Waals surface area contributed by atoms with Gasteiger partial charge >= 0.3 is 5.97 Å². The van der Waals surface area contributed by atoms with Gasteiger partial charge in [-0.1, -0.05) is 13.8 Å². The van der Waals surface area contributed by atoms with E-state index in [0.29, 0.717) is 41.1 Å². The van der Waals surface area contributed by atoms with Gasteiger partial charge in [0.1, 0.15) is 0 Å². The number of aryl methyl sites for hydroxylation is 1. The van der Waals surface area contributed by atoms with Crippen molar-refractivity contribution in [3.63, 3.8) is 0 Å². The number of esters is 1. The van der Waals surface area contributed by atoms with E-state index in [0.717, 1.165) is 41.9 Å². The predicted molar refractivity (Wildman–Crippen MR) is 132 cm³/mol. The van der Waals surface area contributed by atoms with Crippen LogP contribution in [0.15, 0.2) is 24.5 Å². The summed E-state index contributed by atoms with van der Waals surface area (Å²) in [5, 5.41) is 2.86. The first-order valence-corrected chi connectivity index (χ1v) is 12.6. The largest absolute Gasteiger partial charge is 0.487 e. The average molecular weight is 500 g/mol. The minimum Gasteiger partial charge on any atom is -0.487 e. The van der Waals surface area contributed by atoms with E-state index in [1.54, 1.807) is 12.4 Å². The van der Waals surface area contributed by atoms with E-state index in [2.05, 4.69) is 39.1 Å². The number of aromatic nitrogens is 4. The van der Waals surface area contributed by atoms with Crippen LogP contribution in [0.2, 0.25) is 0 Å². The maximum absolute atomic E-state index is 14.2. The monoisotopic (exact) mass is 499 g/mol. The highest BCUT2D eigenvalue weighted by atomic mass is 32.1. The average Bonchev–Trinajstić information content (AvgIpc) is 3.24. The topological polar surface area (TPSA) is 99.1 Å². The van der Waals surface area contributed by atoms with E-state index < -0.39 is 0 Å². The zero-order valence-corrected chi connectivity index (χ0v) is 21.2. The lowest BCUT2D eigenvalue weighted by molar-refractivity contribution is -0.147. The van der Waals surface area contributed by atoms with Gasteiger partial charge in [0.15, 0.2) is 16.7 Å². The third-order valence-electron chi connectivity index (χ3n) is 6.08. The zero-order chi connectivity index (χ0) is 24.9. The van der Waals surface area contributed by atoms with E-state index >= 15 is 0 Å². The predicted octanol–water partition coefficient (Wildman–Crippen LogP) is 5.29. The molecule has 4 rings (SSSR count). The molecule has 0 aliphatic heterocycles. The number of rotatable bonds is 8. The van der Waals surface area contributed by atoms with Crippen molar-refractivity contribution in [2.45, 2.75) is 65.0 Å². The number of nitrogens with one attached hydrogen (secondary N) is 1. The van der Waals surface area contributed by atoms with Crippen LogP contribution in [0.3, 0.4) is 0 Å². The molecule has 186 valence electrons. The van der Waals surface area contributed by atoms with Gasteiger partial charge in [-0.15, -0.1) is 11.3 Å². The third kappa shape index (κ3) is 6.11. The SMILES string of the molecule is COC(=O)[C@H]1CCC[C@H](Oc2cnc(-c3sc(F)cc3CNc3nccc(C(C)C)n3)nc2C)C1. The molecule has 3 aromatic rings. The lowest BCUT2D eigenvalue weighted by atomic mass is 9.87. The molecule has 10 heteroatoms. The molecule has 1 N–H and O–H groups in total. The van der Waals surface area contributed by atoms with Gasteiger partial charge in [-0.3, -0.25) is 4.79 Å². The molecule has 8 nitrogen and oxygen atoms in total. The van der Waals surface area contributed by atoms with Crippen molar-refractivity contribution in [2.75, 3.05) is 12.4 Å². The van der Waals surface area contributed by atoms with Crippen LogP contribution in [0.25, 0.3) is 10.7 Å². The van der Waals surface area contributed by atoms with Gasteiger partial charge < -0.3 is 14.8 Å². The summed E-state index contributed by atoms with van der Waals surface area (Å²) in [7, 11) is 1.41. The Morgan fingerprint density at radius 2 is 2.11 bits per heavy atom. The summed E-state index contributed by atoms with van der Waals surface area (Å²) in [6, 6.07) is 3.37. The smallest absolute Gasteiger partial charge is 0.308 e. The minimum atomic E-state index is -0.314. The second kappa shape index (κ2) is 11.1. The molecule has 3 aromatic heterocycles. The fraction of sp³-hybridized carbons (Fsp3) is 0.480. The summed E-state index contributed by atoms with van der Waals surface area (Å²) in [6.07, 6.45) is 6.43. The Morgan fingerprint density at radius 3 is 2.86 bits per heavy atom. The standard InChI is InChI=1S/C25H30FN5O3S/c1-14(2)19-8-9-27-25(31-19)29-12-17-11-21(26)35-22(17)23-28-13-20(15(3)30-23)34-18-7-5-6-16(10-18)24(32)33-4/h8-9,11,13-14,16,18H,5-7,10,12H2,1-4H3,(H,27,29,31)/t16-,18-/m0/s1. The Morgan fingerprint density at radius 1 is 1.29 bits per heavy atom. The summed E-state index contributed by atoms with van der Waals surface area (Å²) in [4.78, 5) is 30.4. The van der Waals surface area contributed by atoms with Crippen molar-refractivity contribution < 1.29 is 18.7 Å². The van der Waals surface area contributed by atoms with Gasteiger partial charge in [0.05, 0.1) is 35.9 Å². The Hall–Kier alpha value is -3.14. The molecule has 1 fully saturated rings. The second-order valence-electron chi connectivity index (χ2n) is 8.99. The number of anilines is 1. The molecule has 1 aliphatic carbocycles. The van der Waals surface area contributed by atoms with Crippen molar-refractivity contribution in [1.82, 2.24) is 19.9 Å². The van der Waals surface area contributed by atoms with E-state index in [-0.39, 0.29) is 29.0 Å². The van der Waals surface area contributed by atoms with Gasteiger partial charge in [-0.2, -0.15) is 4.39 Å². The highest BCUT2D eigenvalue weighted by molar-refractivity contribution is 7.14. The minimum absolute atomic E-state index is 0.0958. The normalized spacial score (nSPS) is 17.9. The number of halogens is 1. The third-order valence-corrected chi connectivity index (χ3v) is 7.04. The van der Waals surface area contributed by atoms with Gasteiger partial charge in [0.2, 0.25) is 5.95 Å². The first kappa shape index (κ1) is 25.0. The number of hydrogen-bond donors (Lipinski definition) is 1. The molecule has 0 unspecified atom stereocenters. The molecule has 0 radical (unpaired) electrons. The number of ether oxygens (including phenoxy) is 2. The highest BCUT2D eigenvalue weighted by Crippen LogP contribution is 2.33. The van der Waals surface area contributed by atoms with Crippen molar-refractivity contribution in [3.05, 3.63) is 46.6 Å². The molecular weight excluding hydrogens is 469 g/mol. The first-order valence-electron chi connectivity index (χ1n) is 11.8. The van der Waals surface area contributed by atoms with Crippen LogP contribution in [-0.4, -0.2) is 39.1 Å². The second-order valence-corrected chi connectivity index (χ2v) is 9.99. The van der Waals surface area contributed by atoms with Crippen molar-refractivity contribution in [3.8, 4) is 16.5 Å². The van der Waals surface area contributed by atoms with Crippen LogP contribution >= 0.6 is 11.3 Å². The summed E-state index contributed by atoms with van der Waals surface area (Å²) in [6.45, 7) is 6.32. The van der Waals surface area contributed by atoms with Gasteiger partial charge in [0, 0.05) is 18.4 Å². The lowest BCUT2D eigenvalue weighted by Gasteiger charge is -2.28. The van der Waals surface area contributed by atoms with Gasteiger partial charge in [-0.05, 0) is 56.2 Å². The Bertz CT molecular complexity index is 1190. The maximum atomic E-state index is 14.2. The van der Waals surface area contributed by atoms with E-state index in [1.807, 2.05) is 13.0 Å². The van der Waals surface area contributed by atoms with Gasteiger partial charge in [0.25, 0.3) is 0 Å². The van der Waals surface area contributed by atoms with Crippen LogP contribution in [0.4, 0.5) is 10.3 Å². The molecule has 35 heavy (non-hydrogen) atoms. The van der Waals surface area contributed by atoms with E-state index in [1.165, 1.54) is 13.2 Å². The molecule has 0 saturated heterocycles. The quantitative estimate of drug-likeness (QED) is 0.418. The molecule has 1 saturated carbocycles. The zero-order valence-electron chi connectivity index (χ0n) is 20.4. The fourth-order valence-electron chi connectivity index (χ4n) is 4.16. The molecule has 0 bridgehead atoms. The number of methoxy groups -OCH3 is 1. The highest BCUT2D eigenvalue weighted by Gasteiger charge is 2.29. The van der Waals surface area contributed by atoms with Crippen LogP contribution in [0.1, 0.15) is 62.4 Å². The summed E-state index contributed by atoms with van der Waals surface area (Å²) in [5.74, 6) is 1.45. The summed E-state index contributed by atoms with van der Waals surface area (Å²) < 4.78 is 25.3. The molecular formula is C25H30FN5O3S. The number of carbonyl (C=O) groups is 1. The van der Waals surface area contributed by atoms with Crippen LogP contribution in [0, 0.1) is 18.0 Å². The number of carbonyl (C=O) groups excluding carboxylic acids is 1. The summed E-state index contributed by atoms with van der Waals surface area (Å²) in [5.41, 5.74) is 2.33. The Labute approximate surface area is 208 Å². The molecule has 1 aliphatic rings.